The lowest BCUT2D eigenvalue weighted by Crippen LogP contribution is -2.24. The van der Waals surface area contributed by atoms with Crippen LogP contribution >= 0.6 is 11.9 Å². The first-order valence-corrected chi connectivity index (χ1v) is 3.16. The fourth-order valence-electron chi connectivity index (χ4n) is 0.172. The number of hydrogen-bond acceptors (Lipinski definition) is 3. The van der Waals surface area contributed by atoms with Crippen molar-refractivity contribution in [2.24, 2.45) is 5.73 Å². The third-order valence-electron chi connectivity index (χ3n) is 0.562. The van der Waals surface area contributed by atoms with Gasteiger partial charge < -0.3 is 5.73 Å². The van der Waals surface area contributed by atoms with Crippen molar-refractivity contribution in [1.82, 2.24) is 4.72 Å². The number of hydrogen-bond donors (Lipinski definition) is 2. The third-order valence-corrected chi connectivity index (χ3v) is 1.35. The molecule has 0 aromatic rings. The maximum atomic E-state index is 11.4. The minimum absolute atomic E-state index is 0.373. The van der Waals surface area contributed by atoms with Gasteiger partial charge in [0, 0.05) is 11.1 Å². The lowest BCUT2D eigenvalue weighted by molar-refractivity contribution is -0.136. The number of halogens is 3. The Morgan fingerprint density at radius 1 is 1.60 bits per heavy atom. The normalized spacial score (nSPS) is 13.8. The highest BCUT2D eigenvalue weighted by molar-refractivity contribution is 8.01. The van der Waals surface area contributed by atoms with E-state index < -0.39 is 6.30 Å². The molecule has 6 heteroatoms. The van der Waals surface area contributed by atoms with Gasteiger partial charge in [-0.1, -0.05) is 0 Å². The van der Waals surface area contributed by atoms with Crippen LogP contribution in [0.1, 0.15) is 6.92 Å². The van der Waals surface area contributed by atoms with E-state index in [1.807, 2.05) is 0 Å². The van der Waals surface area contributed by atoms with Gasteiger partial charge in [-0.3, -0.25) is 0 Å². The van der Waals surface area contributed by atoms with Crippen molar-refractivity contribution in [1.29, 1.82) is 0 Å². The van der Waals surface area contributed by atoms with Gasteiger partial charge in [-0.05, 0) is 18.9 Å². The molecule has 0 unspecified atom stereocenters. The van der Waals surface area contributed by atoms with Crippen LogP contribution in [-0.2, 0) is 0 Å². The molecule has 0 aliphatic heterocycles. The predicted molar refractivity (Wildman–Crippen MR) is 34.7 cm³/mol. The molecule has 0 rings (SSSR count). The van der Waals surface area contributed by atoms with E-state index in [4.69, 9.17) is 5.73 Å². The summed E-state index contributed by atoms with van der Waals surface area (Å²) in [6.45, 7) is 1.48. The molecule has 2 nitrogen and oxygen atoms in total. The van der Waals surface area contributed by atoms with Crippen molar-refractivity contribution in [3.05, 3.63) is 11.1 Å². The molecule has 10 heavy (non-hydrogen) atoms. The summed E-state index contributed by atoms with van der Waals surface area (Å²) >= 11 is 0.444. The molecule has 0 aromatic heterocycles. The standard InChI is InChI=1S/C4H7F3N2S/c1-3(2-8)10-9-4(5,6)7/h2,9H,8H2,1H3/b3-2-. The molecule has 0 radical (unpaired) electrons. The Bertz CT molecular complexity index is 131. The quantitative estimate of drug-likeness (QED) is 0.490. The van der Waals surface area contributed by atoms with E-state index in [9.17, 15) is 13.2 Å². The van der Waals surface area contributed by atoms with Crippen molar-refractivity contribution < 1.29 is 13.2 Å². The van der Waals surface area contributed by atoms with Gasteiger partial charge in [-0.2, -0.15) is 17.9 Å². The van der Waals surface area contributed by atoms with Crippen LogP contribution in [-0.4, -0.2) is 6.30 Å². The Kier molecular flexibility index (Phi) is 3.59. The van der Waals surface area contributed by atoms with E-state index >= 15 is 0 Å². The maximum Gasteiger partial charge on any atom is 0.467 e. The SMILES string of the molecule is C/C(=C/N)SNC(F)(F)F. The van der Waals surface area contributed by atoms with E-state index in [1.54, 1.807) is 0 Å². The second-order valence-corrected chi connectivity index (χ2v) is 2.53. The van der Waals surface area contributed by atoms with Gasteiger partial charge in [0.05, 0.1) is 0 Å². The van der Waals surface area contributed by atoms with Crippen LogP contribution in [0, 0.1) is 0 Å². The minimum Gasteiger partial charge on any atom is -0.404 e. The van der Waals surface area contributed by atoms with Crippen molar-refractivity contribution in [3.63, 3.8) is 0 Å². The van der Waals surface area contributed by atoms with Gasteiger partial charge in [-0.25, -0.2) is 0 Å². The van der Waals surface area contributed by atoms with Crippen LogP contribution in [0.3, 0.4) is 0 Å². The molecule has 0 aliphatic carbocycles. The Hall–Kier alpha value is -0.360. The molecule has 0 saturated heterocycles. The molecule has 0 fully saturated rings. The Morgan fingerprint density at radius 2 is 2.10 bits per heavy atom. The predicted octanol–water partition coefficient (Wildman–Crippen LogP) is 1.56. The Balaban J connectivity index is 3.56. The van der Waals surface area contributed by atoms with Gasteiger partial charge in [0.15, 0.2) is 0 Å². The van der Waals surface area contributed by atoms with Crippen molar-refractivity contribution in [2.75, 3.05) is 0 Å². The summed E-state index contributed by atoms with van der Waals surface area (Å²) in [5.41, 5.74) is 4.91. The molecule has 0 bridgehead atoms. The lowest BCUT2D eigenvalue weighted by atomic mass is 10.7. The molecule has 0 heterocycles. The molecule has 0 saturated carbocycles. The molecular formula is C4H7F3N2S. The molecular weight excluding hydrogens is 165 g/mol. The second-order valence-electron chi connectivity index (χ2n) is 1.48. The third kappa shape index (κ3) is 5.77. The fourth-order valence-corrected chi connectivity index (χ4v) is 0.517. The number of alkyl halides is 3. The van der Waals surface area contributed by atoms with Gasteiger partial charge in [0.1, 0.15) is 0 Å². The van der Waals surface area contributed by atoms with Gasteiger partial charge >= 0.3 is 6.30 Å². The summed E-state index contributed by atoms with van der Waals surface area (Å²) in [6.07, 6.45) is -3.25. The highest BCUT2D eigenvalue weighted by Crippen LogP contribution is 2.18. The minimum atomic E-state index is -4.35. The average Bonchev–Trinajstić information content (AvgIpc) is 1.81. The summed E-state index contributed by atoms with van der Waals surface area (Å²) in [7, 11) is 0. The number of nitrogens with one attached hydrogen (secondary N) is 1. The highest BCUT2D eigenvalue weighted by Gasteiger charge is 2.26. The van der Waals surface area contributed by atoms with Gasteiger partial charge in [0.2, 0.25) is 0 Å². The first-order valence-electron chi connectivity index (χ1n) is 2.35. The summed E-state index contributed by atoms with van der Waals surface area (Å²) in [6, 6.07) is 0. The van der Waals surface area contributed by atoms with Crippen LogP contribution in [0.5, 0.6) is 0 Å². The second kappa shape index (κ2) is 3.72. The Morgan fingerprint density at radius 3 is 2.40 bits per heavy atom. The summed E-state index contributed by atoms with van der Waals surface area (Å²) < 4.78 is 35.3. The largest absolute Gasteiger partial charge is 0.467 e. The van der Waals surface area contributed by atoms with Crippen molar-refractivity contribution >= 4 is 11.9 Å². The zero-order valence-corrected chi connectivity index (χ0v) is 6.01. The van der Waals surface area contributed by atoms with Crippen LogP contribution in [0.15, 0.2) is 11.1 Å². The molecule has 0 spiro atoms. The Labute approximate surface area is 60.8 Å². The van der Waals surface area contributed by atoms with Crippen molar-refractivity contribution in [3.8, 4) is 0 Å². The average molecular weight is 172 g/mol. The van der Waals surface area contributed by atoms with E-state index in [0.717, 1.165) is 6.20 Å². The smallest absolute Gasteiger partial charge is 0.404 e. The molecule has 0 aromatic carbocycles. The topological polar surface area (TPSA) is 38.0 Å². The van der Waals surface area contributed by atoms with E-state index in [1.165, 1.54) is 11.6 Å². The first-order chi connectivity index (χ1) is 4.45. The highest BCUT2D eigenvalue weighted by atomic mass is 32.2. The number of nitrogens with two attached hydrogens (primary N) is 1. The van der Waals surface area contributed by atoms with Gasteiger partial charge in [-0.15, -0.1) is 0 Å². The zero-order chi connectivity index (χ0) is 8.20. The maximum absolute atomic E-state index is 11.4. The molecule has 0 amide bonds. The summed E-state index contributed by atoms with van der Waals surface area (Å²) in [5, 5.41) is 0. The first kappa shape index (κ1) is 9.64. The van der Waals surface area contributed by atoms with Crippen LogP contribution in [0.2, 0.25) is 0 Å². The monoisotopic (exact) mass is 172 g/mol. The summed E-state index contributed by atoms with van der Waals surface area (Å²) in [5.74, 6) is 0. The molecule has 0 atom stereocenters. The van der Waals surface area contributed by atoms with E-state index in [0.29, 0.717) is 16.9 Å². The van der Waals surface area contributed by atoms with Crippen molar-refractivity contribution in [2.45, 2.75) is 13.2 Å². The molecule has 60 valence electrons. The molecule has 0 aliphatic rings. The number of allylic oxidation sites excluding steroid dienone is 1. The zero-order valence-electron chi connectivity index (χ0n) is 5.20. The van der Waals surface area contributed by atoms with Crippen LogP contribution in [0.4, 0.5) is 13.2 Å². The fraction of sp³-hybridized carbons (Fsp3) is 0.500. The van der Waals surface area contributed by atoms with E-state index in [-0.39, 0.29) is 0 Å². The van der Waals surface area contributed by atoms with Crippen LogP contribution < -0.4 is 10.5 Å². The number of rotatable bonds is 2. The van der Waals surface area contributed by atoms with Crippen LogP contribution in [0.25, 0.3) is 0 Å². The van der Waals surface area contributed by atoms with Gasteiger partial charge in [0.25, 0.3) is 0 Å². The van der Waals surface area contributed by atoms with E-state index in [2.05, 4.69) is 0 Å². The molecule has 3 N–H and O–H groups in total. The lowest BCUT2D eigenvalue weighted by Gasteiger charge is -2.06. The summed E-state index contributed by atoms with van der Waals surface area (Å²) in [4.78, 5) is 0.373.